The van der Waals surface area contributed by atoms with Gasteiger partial charge >= 0.3 is 0 Å². The van der Waals surface area contributed by atoms with Gasteiger partial charge in [-0.1, -0.05) is 17.7 Å². The van der Waals surface area contributed by atoms with Crippen molar-refractivity contribution >= 4 is 11.6 Å². The number of rotatable bonds is 2. The van der Waals surface area contributed by atoms with Crippen molar-refractivity contribution in [2.75, 3.05) is 0 Å². The van der Waals surface area contributed by atoms with Crippen molar-refractivity contribution in [1.29, 1.82) is 0 Å². The lowest BCUT2D eigenvalue weighted by Gasteiger charge is -2.11. The molecule has 16 heavy (non-hydrogen) atoms. The first kappa shape index (κ1) is 11.1. The third kappa shape index (κ3) is 2.08. The highest BCUT2D eigenvalue weighted by Crippen LogP contribution is 2.26. The summed E-state index contributed by atoms with van der Waals surface area (Å²) in [5, 5.41) is 4.36. The molecule has 5 heteroatoms. The number of halogens is 2. The molecule has 0 aliphatic rings. The number of nitrogens with two attached hydrogens (primary N) is 1. The van der Waals surface area contributed by atoms with Crippen LogP contribution in [0.15, 0.2) is 30.6 Å². The Labute approximate surface area is 97.6 Å². The lowest BCUT2D eigenvalue weighted by Crippen LogP contribution is -2.11. The van der Waals surface area contributed by atoms with E-state index >= 15 is 0 Å². The van der Waals surface area contributed by atoms with E-state index in [0.717, 1.165) is 5.56 Å². The Morgan fingerprint density at radius 1 is 1.50 bits per heavy atom. The Bertz CT molecular complexity index is 510. The maximum atomic E-state index is 12.9. The summed E-state index contributed by atoms with van der Waals surface area (Å²) in [5.41, 5.74) is 7.55. The summed E-state index contributed by atoms with van der Waals surface area (Å²) in [6.45, 7) is 0. The molecule has 0 amide bonds. The molecular formula is C11H11ClFN3. The average Bonchev–Trinajstić information content (AvgIpc) is 2.64. The van der Waals surface area contributed by atoms with Crippen LogP contribution in [0.4, 0.5) is 4.39 Å². The molecule has 2 N–H and O–H groups in total. The number of hydrogen-bond donors (Lipinski definition) is 1. The van der Waals surface area contributed by atoms with Crippen LogP contribution in [-0.4, -0.2) is 9.78 Å². The normalized spacial score (nSPS) is 12.8. The largest absolute Gasteiger partial charge is 0.320 e. The molecule has 0 aliphatic heterocycles. The molecule has 2 rings (SSSR count). The topological polar surface area (TPSA) is 43.8 Å². The molecule has 0 spiro atoms. The van der Waals surface area contributed by atoms with Crippen molar-refractivity contribution < 1.29 is 4.39 Å². The van der Waals surface area contributed by atoms with E-state index < -0.39 is 0 Å². The highest BCUT2D eigenvalue weighted by Gasteiger charge is 2.14. The highest BCUT2D eigenvalue weighted by atomic mass is 35.5. The van der Waals surface area contributed by atoms with Crippen LogP contribution < -0.4 is 5.73 Å². The van der Waals surface area contributed by atoms with Crippen LogP contribution in [0.2, 0.25) is 5.02 Å². The van der Waals surface area contributed by atoms with Crippen molar-refractivity contribution in [1.82, 2.24) is 9.78 Å². The fraction of sp³-hybridized carbons (Fsp3) is 0.182. The summed E-state index contributed by atoms with van der Waals surface area (Å²) < 4.78 is 14.5. The molecule has 0 aliphatic carbocycles. The van der Waals surface area contributed by atoms with Gasteiger partial charge in [-0.3, -0.25) is 4.68 Å². The van der Waals surface area contributed by atoms with Crippen LogP contribution in [0, 0.1) is 5.82 Å². The maximum Gasteiger partial charge on any atom is 0.124 e. The predicted molar refractivity (Wildman–Crippen MR) is 60.6 cm³/mol. The lowest BCUT2D eigenvalue weighted by molar-refractivity contribution is 0.626. The molecule has 1 unspecified atom stereocenters. The van der Waals surface area contributed by atoms with Crippen LogP contribution >= 0.6 is 11.6 Å². The molecule has 2 aromatic rings. The minimum absolute atomic E-state index is 0.330. The van der Waals surface area contributed by atoms with Gasteiger partial charge < -0.3 is 5.73 Å². The summed E-state index contributed by atoms with van der Waals surface area (Å²) in [6, 6.07) is 3.81. The Hall–Kier alpha value is -1.39. The van der Waals surface area contributed by atoms with Gasteiger partial charge in [-0.15, -0.1) is 0 Å². The maximum absolute atomic E-state index is 12.9. The fourth-order valence-corrected chi connectivity index (χ4v) is 1.82. The summed E-state index contributed by atoms with van der Waals surface area (Å²) in [6.07, 6.45) is 3.48. The predicted octanol–water partition coefficient (Wildman–Crippen LogP) is 2.26. The van der Waals surface area contributed by atoms with E-state index in [1.807, 2.05) is 13.2 Å². The van der Waals surface area contributed by atoms with Crippen LogP contribution in [-0.2, 0) is 7.05 Å². The number of aryl methyl sites for hydroxylation is 1. The van der Waals surface area contributed by atoms with Gasteiger partial charge in [0.25, 0.3) is 0 Å². The number of nitrogens with zero attached hydrogens (tertiary/aromatic N) is 2. The van der Waals surface area contributed by atoms with Gasteiger partial charge in [0, 0.05) is 23.8 Å². The zero-order chi connectivity index (χ0) is 11.7. The van der Waals surface area contributed by atoms with E-state index in [1.54, 1.807) is 16.9 Å². The van der Waals surface area contributed by atoms with Crippen molar-refractivity contribution in [2.45, 2.75) is 6.04 Å². The molecular weight excluding hydrogens is 229 g/mol. The van der Waals surface area contributed by atoms with Gasteiger partial charge in [0.05, 0.1) is 12.2 Å². The van der Waals surface area contributed by atoms with Gasteiger partial charge in [-0.05, 0) is 17.7 Å². The van der Waals surface area contributed by atoms with Crippen LogP contribution in [0.1, 0.15) is 17.2 Å². The second kappa shape index (κ2) is 4.23. The van der Waals surface area contributed by atoms with Crippen molar-refractivity contribution in [3.63, 3.8) is 0 Å². The summed E-state index contributed by atoms with van der Waals surface area (Å²) >= 11 is 5.93. The monoisotopic (exact) mass is 239 g/mol. The molecule has 1 aromatic heterocycles. The van der Waals surface area contributed by atoms with E-state index in [4.69, 9.17) is 17.3 Å². The number of aromatic nitrogens is 2. The Morgan fingerprint density at radius 2 is 2.25 bits per heavy atom. The van der Waals surface area contributed by atoms with Gasteiger partial charge in [-0.25, -0.2) is 4.39 Å². The first-order valence-corrected chi connectivity index (χ1v) is 5.15. The Kier molecular flexibility index (Phi) is 2.94. The smallest absolute Gasteiger partial charge is 0.124 e. The van der Waals surface area contributed by atoms with E-state index in [9.17, 15) is 4.39 Å². The highest BCUT2D eigenvalue weighted by molar-refractivity contribution is 6.31. The molecule has 0 fully saturated rings. The molecule has 0 saturated heterocycles. The van der Waals surface area contributed by atoms with Crippen molar-refractivity contribution in [3.8, 4) is 0 Å². The van der Waals surface area contributed by atoms with E-state index in [0.29, 0.717) is 10.6 Å². The summed E-state index contributed by atoms with van der Waals surface area (Å²) in [5.74, 6) is -0.368. The molecule has 1 aromatic carbocycles. The molecule has 3 nitrogen and oxygen atoms in total. The van der Waals surface area contributed by atoms with Crippen molar-refractivity contribution in [2.24, 2.45) is 12.8 Å². The molecule has 1 heterocycles. The quantitative estimate of drug-likeness (QED) is 0.874. The lowest BCUT2D eigenvalue weighted by atomic mass is 10.0. The van der Waals surface area contributed by atoms with Crippen LogP contribution in [0.5, 0.6) is 0 Å². The number of benzene rings is 1. The second-order valence-electron chi connectivity index (χ2n) is 3.59. The average molecular weight is 240 g/mol. The van der Waals surface area contributed by atoms with Crippen LogP contribution in [0.25, 0.3) is 0 Å². The minimum Gasteiger partial charge on any atom is -0.320 e. The van der Waals surface area contributed by atoms with E-state index in [2.05, 4.69) is 5.10 Å². The SMILES string of the molecule is Cn1cc(C(N)c2ccc(F)cc2Cl)cn1. The zero-order valence-corrected chi connectivity index (χ0v) is 9.45. The molecule has 84 valence electrons. The molecule has 0 radical (unpaired) electrons. The van der Waals surface area contributed by atoms with Gasteiger partial charge in [0.1, 0.15) is 5.82 Å². The van der Waals surface area contributed by atoms with Gasteiger partial charge in [-0.2, -0.15) is 5.10 Å². The first-order chi connectivity index (χ1) is 7.58. The minimum atomic E-state index is -0.387. The molecule has 1 atom stereocenters. The second-order valence-corrected chi connectivity index (χ2v) is 4.00. The van der Waals surface area contributed by atoms with Gasteiger partial charge in [0.2, 0.25) is 0 Å². The molecule has 0 bridgehead atoms. The van der Waals surface area contributed by atoms with E-state index in [1.165, 1.54) is 12.1 Å². The van der Waals surface area contributed by atoms with Crippen LogP contribution in [0.3, 0.4) is 0 Å². The number of hydrogen-bond acceptors (Lipinski definition) is 2. The standard InChI is InChI=1S/C11H11ClFN3/c1-16-6-7(5-15-16)11(14)9-3-2-8(13)4-10(9)12/h2-6,11H,14H2,1H3. The fourth-order valence-electron chi connectivity index (χ4n) is 1.53. The van der Waals surface area contributed by atoms with E-state index in [-0.39, 0.29) is 11.9 Å². The summed E-state index contributed by atoms with van der Waals surface area (Å²) in [7, 11) is 1.81. The molecule has 0 saturated carbocycles. The zero-order valence-electron chi connectivity index (χ0n) is 8.69. The summed E-state index contributed by atoms with van der Waals surface area (Å²) in [4.78, 5) is 0. The third-order valence-corrected chi connectivity index (χ3v) is 2.71. The Balaban J connectivity index is 2.37. The first-order valence-electron chi connectivity index (χ1n) is 4.77. The Morgan fingerprint density at radius 3 is 2.81 bits per heavy atom. The van der Waals surface area contributed by atoms with Crippen molar-refractivity contribution in [3.05, 3.63) is 52.6 Å². The third-order valence-electron chi connectivity index (χ3n) is 2.38. The van der Waals surface area contributed by atoms with Gasteiger partial charge in [0.15, 0.2) is 0 Å².